The summed E-state index contributed by atoms with van der Waals surface area (Å²) in [6, 6.07) is 10.1. The van der Waals surface area contributed by atoms with Crippen LogP contribution in [0.25, 0.3) is 0 Å². The fraction of sp³-hybridized carbons (Fsp3) is 0.267. The van der Waals surface area contributed by atoms with E-state index in [0.717, 1.165) is 23.1 Å². The van der Waals surface area contributed by atoms with Gasteiger partial charge in [0.05, 0.1) is 21.8 Å². The summed E-state index contributed by atoms with van der Waals surface area (Å²) >= 11 is 15.6. The molecule has 0 bridgehead atoms. The molecule has 0 aliphatic heterocycles. The summed E-state index contributed by atoms with van der Waals surface area (Å²) in [4.78, 5) is 4.37. The smallest absolute Gasteiger partial charge is 0.0763 e. The molecule has 0 aliphatic carbocycles. The third-order valence-electron chi connectivity index (χ3n) is 2.97. The zero-order valence-corrected chi connectivity index (χ0v) is 14.1. The molecule has 106 valence electrons. The van der Waals surface area contributed by atoms with Crippen molar-refractivity contribution in [1.82, 2.24) is 10.3 Å². The Morgan fingerprint density at radius 2 is 1.95 bits per heavy atom. The third kappa shape index (κ3) is 4.19. The van der Waals surface area contributed by atoms with E-state index in [-0.39, 0.29) is 6.04 Å². The second-order valence-electron chi connectivity index (χ2n) is 4.46. The summed E-state index contributed by atoms with van der Waals surface area (Å²) in [5, 5.41) is 4.57. The normalized spacial score (nSPS) is 12.4. The van der Waals surface area contributed by atoms with Crippen LogP contribution in [0.4, 0.5) is 0 Å². The molecule has 0 saturated carbocycles. The molecule has 1 aromatic carbocycles. The summed E-state index contributed by atoms with van der Waals surface area (Å²) < 4.78 is 1.07. The Morgan fingerprint density at radius 3 is 2.55 bits per heavy atom. The maximum atomic E-state index is 6.26. The molecular formula is C15H15BrCl2N2. The van der Waals surface area contributed by atoms with Gasteiger partial charge in [0, 0.05) is 10.7 Å². The van der Waals surface area contributed by atoms with E-state index in [1.165, 1.54) is 5.56 Å². The Labute approximate surface area is 137 Å². The highest BCUT2D eigenvalue weighted by molar-refractivity contribution is 9.10. The number of likely N-dealkylation sites (N-methyl/N-ethyl adjacent to an activating group) is 1. The molecule has 0 spiro atoms. The van der Waals surface area contributed by atoms with E-state index in [2.05, 4.69) is 45.3 Å². The predicted molar refractivity (Wildman–Crippen MR) is 88.5 cm³/mol. The molecule has 1 atom stereocenters. The van der Waals surface area contributed by atoms with Gasteiger partial charge in [-0.25, -0.2) is 0 Å². The average Bonchev–Trinajstić information content (AvgIpc) is 2.41. The van der Waals surface area contributed by atoms with Gasteiger partial charge in [-0.3, -0.25) is 4.98 Å². The van der Waals surface area contributed by atoms with Gasteiger partial charge in [0.2, 0.25) is 0 Å². The zero-order valence-electron chi connectivity index (χ0n) is 11.0. The van der Waals surface area contributed by atoms with E-state index >= 15 is 0 Å². The molecule has 2 nitrogen and oxygen atoms in total. The van der Waals surface area contributed by atoms with E-state index in [1.807, 2.05) is 12.1 Å². The number of aromatic nitrogens is 1. The van der Waals surface area contributed by atoms with Gasteiger partial charge in [-0.05, 0) is 36.7 Å². The average molecular weight is 374 g/mol. The minimum Gasteiger partial charge on any atom is -0.309 e. The van der Waals surface area contributed by atoms with Crippen LogP contribution < -0.4 is 5.32 Å². The molecule has 1 aromatic heterocycles. The molecule has 0 fully saturated rings. The van der Waals surface area contributed by atoms with E-state index in [9.17, 15) is 0 Å². The van der Waals surface area contributed by atoms with Crippen molar-refractivity contribution in [3.05, 3.63) is 62.3 Å². The molecule has 2 rings (SSSR count). The Morgan fingerprint density at radius 1 is 1.25 bits per heavy atom. The first-order chi connectivity index (χ1) is 9.60. The van der Waals surface area contributed by atoms with Gasteiger partial charge in [0.1, 0.15) is 0 Å². The summed E-state index contributed by atoms with van der Waals surface area (Å²) in [5.41, 5.74) is 2.06. The highest BCUT2D eigenvalue weighted by Crippen LogP contribution is 2.26. The van der Waals surface area contributed by atoms with Gasteiger partial charge in [0.15, 0.2) is 0 Å². The SMILES string of the molecule is CCNC(Cc1ccc(Br)cc1)c1ncc(Cl)cc1Cl. The Balaban J connectivity index is 2.24. The lowest BCUT2D eigenvalue weighted by Crippen LogP contribution is -2.24. The van der Waals surface area contributed by atoms with Crippen LogP contribution in [0.15, 0.2) is 41.0 Å². The number of pyridine rings is 1. The maximum absolute atomic E-state index is 6.26. The minimum atomic E-state index is 0.0749. The molecule has 1 N–H and O–H groups in total. The topological polar surface area (TPSA) is 24.9 Å². The maximum Gasteiger partial charge on any atom is 0.0763 e. The molecule has 5 heteroatoms. The fourth-order valence-electron chi connectivity index (χ4n) is 2.05. The van der Waals surface area contributed by atoms with Crippen molar-refractivity contribution in [2.24, 2.45) is 0 Å². The van der Waals surface area contributed by atoms with Gasteiger partial charge in [-0.2, -0.15) is 0 Å². The molecule has 0 saturated heterocycles. The first-order valence-corrected chi connectivity index (χ1v) is 7.93. The highest BCUT2D eigenvalue weighted by atomic mass is 79.9. The van der Waals surface area contributed by atoms with Gasteiger partial charge < -0.3 is 5.32 Å². The van der Waals surface area contributed by atoms with Crippen molar-refractivity contribution in [3.63, 3.8) is 0 Å². The predicted octanol–water partition coefficient (Wildman–Crippen LogP) is 5.04. The van der Waals surface area contributed by atoms with Crippen LogP contribution in [0.3, 0.4) is 0 Å². The minimum absolute atomic E-state index is 0.0749. The first-order valence-electron chi connectivity index (χ1n) is 6.39. The summed E-state index contributed by atoms with van der Waals surface area (Å²) in [6.07, 6.45) is 2.46. The van der Waals surface area contributed by atoms with Crippen LogP contribution in [-0.2, 0) is 6.42 Å². The summed E-state index contributed by atoms with van der Waals surface area (Å²) in [6.45, 7) is 2.92. The van der Waals surface area contributed by atoms with Gasteiger partial charge in [0.25, 0.3) is 0 Å². The lowest BCUT2D eigenvalue weighted by atomic mass is 10.0. The number of benzene rings is 1. The van der Waals surface area contributed by atoms with Crippen LogP contribution in [-0.4, -0.2) is 11.5 Å². The number of nitrogens with zero attached hydrogens (tertiary/aromatic N) is 1. The molecule has 0 radical (unpaired) electrons. The van der Waals surface area contributed by atoms with Crippen LogP contribution in [0, 0.1) is 0 Å². The van der Waals surface area contributed by atoms with E-state index in [4.69, 9.17) is 23.2 Å². The van der Waals surface area contributed by atoms with E-state index in [0.29, 0.717) is 10.0 Å². The van der Waals surface area contributed by atoms with Crippen LogP contribution in [0.1, 0.15) is 24.2 Å². The van der Waals surface area contributed by atoms with Crippen molar-refractivity contribution in [3.8, 4) is 0 Å². The lowest BCUT2D eigenvalue weighted by Gasteiger charge is -2.19. The third-order valence-corrected chi connectivity index (χ3v) is 4.01. The Hall–Kier alpha value is -0.610. The fourth-order valence-corrected chi connectivity index (χ4v) is 2.83. The van der Waals surface area contributed by atoms with Crippen molar-refractivity contribution < 1.29 is 0 Å². The van der Waals surface area contributed by atoms with Crippen molar-refractivity contribution in [2.75, 3.05) is 6.54 Å². The van der Waals surface area contributed by atoms with E-state index in [1.54, 1.807) is 12.3 Å². The lowest BCUT2D eigenvalue weighted by molar-refractivity contribution is 0.537. The quantitative estimate of drug-likeness (QED) is 0.793. The largest absolute Gasteiger partial charge is 0.309 e. The summed E-state index contributed by atoms with van der Waals surface area (Å²) in [7, 11) is 0. The first kappa shape index (κ1) is 15.8. The van der Waals surface area contributed by atoms with Crippen LogP contribution >= 0.6 is 39.1 Å². The Kier molecular flexibility index (Phi) is 5.85. The molecule has 0 amide bonds. The molecule has 2 aromatic rings. The number of nitrogens with one attached hydrogen (secondary N) is 1. The molecule has 1 unspecified atom stereocenters. The molecule has 1 heterocycles. The van der Waals surface area contributed by atoms with Gasteiger partial charge >= 0.3 is 0 Å². The van der Waals surface area contributed by atoms with Crippen molar-refractivity contribution in [2.45, 2.75) is 19.4 Å². The van der Waals surface area contributed by atoms with Crippen LogP contribution in [0.2, 0.25) is 10.0 Å². The molecule has 0 aliphatic rings. The van der Waals surface area contributed by atoms with E-state index < -0.39 is 0 Å². The number of hydrogen-bond acceptors (Lipinski definition) is 2. The number of rotatable bonds is 5. The second-order valence-corrected chi connectivity index (χ2v) is 6.22. The standard InChI is InChI=1S/C15H15BrCl2N2/c1-2-19-14(7-10-3-5-11(16)6-4-10)15-13(18)8-12(17)9-20-15/h3-6,8-9,14,19H,2,7H2,1H3. The monoisotopic (exact) mass is 372 g/mol. The summed E-state index contributed by atoms with van der Waals surface area (Å²) in [5.74, 6) is 0. The zero-order chi connectivity index (χ0) is 14.5. The van der Waals surface area contributed by atoms with Gasteiger partial charge in [-0.15, -0.1) is 0 Å². The second kappa shape index (κ2) is 7.41. The van der Waals surface area contributed by atoms with Crippen LogP contribution in [0.5, 0.6) is 0 Å². The van der Waals surface area contributed by atoms with Gasteiger partial charge in [-0.1, -0.05) is 58.2 Å². The number of hydrogen-bond donors (Lipinski definition) is 1. The van der Waals surface area contributed by atoms with Crippen molar-refractivity contribution >= 4 is 39.1 Å². The molecular weight excluding hydrogens is 359 g/mol. The van der Waals surface area contributed by atoms with Crippen molar-refractivity contribution in [1.29, 1.82) is 0 Å². The highest BCUT2D eigenvalue weighted by Gasteiger charge is 2.16. The molecule has 20 heavy (non-hydrogen) atoms. The Bertz CT molecular complexity index is 573. The number of halogens is 3.